The topological polar surface area (TPSA) is 78.9 Å². The number of carbonyl (C=O) groups excluding carboxylic acids is 2. The van der Waals surface area contributed by atoms with Crippen LogP contribution in [0.3, 0.4) is 0 Å². The summed E-state index contributed by atoms with van der Waals surface area (Å²) >= 11 is 0. The highest BCUT2D eigenvalue weighted by molar-refractivity contribution is 6.14. The molecule has 1 aromatic rings. The largest absolute Gasteiger partial charge is 0.504 e. The minimum Gasteiger partial charge on any atom is -0.504 e. The van der Waals surface area contributed by atoms with Gasteiger partial charge in [-0.3, -0.25) is 9.69 Å². The Labute approximate surface area is 110 Å². The van der Waals surface area contributed by atoms with Gasteiger partial charge in [-0.1, -0.05) is 12.1 Å². The fourth-order valence-corrected chi connectivity index (χ4v) is 1.83. The molecule has 0 unspecified atom stereocenters. The smallest absolute Gasteiger partial charge is 0.328 e. The number of amides is 3. The standard InChI is InChI=1S/C13H14N2O4/c1-3-15-12(17)9(14-13(15)18)7-8-5-4-6-10(19-2)11(8)16/h4-7,16H,3H2,1-2H3,(H,14,18)/b9-7-. The monoisotopic (exact) mass is 262 g/mol. The molecule has 0 radical (unpaired) electrons. The number of likely N-dealkylation sites (N-methyl/N-ethyl adjacent to an activating group) is 1. The van der Waals surface area contributed by atoms with E-state index in [2.05, 4.69) is 5.32 Å². The molecule has 6 heteroatoms. The first-order valence-corrected chi connectivity index (χ1v) is 5.79. The van der Waals surface area contributed by atoms with Gasteiger partial charge in [0.25, 0.3) is 5.91 Å². The molecular formula is C13H14N2O4. The van der Waals surface area contributed by atoms with Crippen LogP contribution in [0.4, 0.5) is 4.79 Å². The summed E-state index contributed by atoms with van der Waals surface area (Å²) in [6.07, 6.45) is 1.42. The van der Waals surface area contributed by atoms with E-state index in [0.29, 0.717) is 17.9 Å². The van der Waals surface area contributed by atoms with Gasteiger partial charge in [-0.25, -0.2) is 4.79 Å². The molecule has 0 spiro atoms. The van der Waals surface area contributed by atoms with Gasteiger partial charge < -0.3 is 15.2 Å². The number of ether oxygens (including phenoxy) is 1. The highest BCUT2D eigenvalue weighted by Crippen LogP contribution is 2.31. The number of para-hydroxylation sites is 1. The fraction of sp³-hybridized carbons (Fsp3) is 0.231. The lowest BCUT2D eigenvalue weighted by atomic mass is 10.1. The number of phenols is 1. The fourth-order valence-electron chi connectivity index (χ4n) is 1.83. The molecule has 1 aliphatic rings. The first-order valence-electron chi connectivity index (χ1n) is 5.79. The van der Waals surface area contributed by atoms with Crippen molar-refractivity contribution in [3.8, 4) is 11.5 Å². The zero-order valence-corrected chi connectivity index (χ0v) is 10.6. The van der Waals surface area contributed by atoms with Crippen molar-refractivity contribution in [2.24, 2.45) is 0 Å². The second-order valence-corrected chi connectivity index (χ2v) is 3.94. The van der Waals surface area contributed by atoms with Gasteiger partial charge in [-0.05, 0) is 19.1 Å². The molecule has 0 bridgehead atoms. The Bertz CT molecular complexity index is 566. The van der Waals surface area contributed by atoms with Gasteiger partial charge in [-0.15, -0.1) is 0 Å². The maximum Gasteiger partial charge on any atom is 0.328 e. The highest BCUT2D eigenvalue weighted by atomic mass is 16.5. The zero-order valence-electron chi connectivity index (χ0n) is 10.6. The minimum absolute atomic E-state index is 0.0745. The molecule has 3 amide bonds. The van der Waals surface area contributed by atoms with Crippen molar-refractivity contribution in [2.45, 2.75) is 6.92 Å². The van der Waals surface area contributed by atoms with Crippen molar-refractivity contribution in [1.29, 1.82) is 0 Å². The Hall–Kier alpha value is -2.50. The molecule has 1 saturated heterocycles. The van der Waals surface area contributed by atoms with E-state index in [0.717, 1.165) is 4.90 Å². The predicted octanol–water partition coefficient (Wildman–Crippen LogP) is 1.31. The lowest BCUT2D eigenvalue weighted by Gasteiger charge is -2.07. The highest BCUT2D eigenvalue weighted by Gasteiger charge is 2.32. The number of imide groups is 1. The molecule has 0 aliphatic carbocycles. The average Bonchev–Trinajstić information content (AvgIpc) is 2.66. The summed E-state index contributed by atoms with van der Waals surface area (Å²) in [4.78, 5) is 24.5. The van der Waals surface area contributed by atoms with Crippen LogP contribution in [0.25, 0.3) is 6.08 Å². The van der Waals surface area contributed by atoms with E-state index in [-0.39, 0.29) is 11.4 Å². The zero-order chi connectivity index (χ0) is 14.0. The van der Waals surface area contributed by atoms with Crippen molar-refractivity contribution < 1.29 is 19.4 Å². The summed E-state index contributed by atoms with van der Waals surface area (Å²) in [6.45, 7) is 2.01. The first kappa shape index (κ1) is 12.9. The van der Waals surface area contributed by atoms with E-state index in [1.807, 2.05) is 0 Å². The van der Waals surface area contributed by atoms with Crippen LogP contribution in [0.2, 0.25) is 0 Å². The number of carbonyl (C=O) groups is 2. The van der Waals surface area contributed by atoms with Gasteiger partial charge in [0.15, 0.2) is 11.5 Å². The van der Waals surface area contributed by atoms with Crippen LogP contribution in [0.15, 0.2) is 23.9 Å². The molecule has 100 valence electrons. The van der Waals surface area contributed by atoms with Crippen LogP contribution >= 0.6 is 0 Å². The number of aromatic hydroxyl groups is 1. The number of phenolic OH excluding ortho intramolecular Hbond substituents is 1. The Morgan fingerprint density at radius 2 is 2.16 bits per heavy atom. The van der Waals surface area contributed by atoms with Crippen LogP contribution in [-0.4, -0.2) is 35.6 Å². The Morgan fingerprint density at radius 1 is 1.42 bits per heavy atom. The van der Waals surface area contributed by atoms with Gasteiger partial charge in [0.2, 0.25) is 0 Å². The summed E-state index contributed by atoms with van der Waals surface area (Å²) in [6, 6.07) is 4.45. The second kappa shape index (κ2) is 5.01. The first-order chi connectivity index (χ1) is 9.08. The third-order valence-electron chi connectivity index (χ3n) is 2.83. The number of hydrogen-bond acceptors (Lipinski definition) is 4. The molecule has 2 rings (SSSR count). The Balaban J connectivity index is 2.38. The summed E-state index contributed by atoms with van der Waals surface area (Å²) < 4.78 is 4.98. The molecule has 1 fully saturated rings. The number of benzene rings is 1. The van der Waals surface area contributed by atoms with Crippen LogP contribution < -0.4 is 10.1 Å². The number of nitrogens with zero attached hydrogens (tertiary/aromatic N) is 1. The van der Waals surface area contributed by atoms with Gasteiger partial charge in [0.1, 0.15) is 5.70 Å². The average molecular weight is 262 g/mol. The summed E-state index contributed by atoms with van der Waals surface area (Å²) in [5.74, 6) is -0.178. The Kier molecular flexibility index (Phi) is 3.41. The molecule has 1 aliphatic heterocycles. The number of methoxy groups -OCH3 is 1. The van der Waals surface area contributed by atoms with Crippen molar-refractivity contribution in [2.75, 3.05) is 13.7 Å². The number of nitrogens with one attached hydrogen (secondary N) is 1. The number of urea groups is 1. The number of rotatable bonds is 3. The maximum atomic E-state index is 11.9. The maximum absolute atomic E-state index is 11.9. The third-order valence-corrected chi connectivity index (χ3v) is 2.83. The molecule has 1 heterocycles. The normalized spacial score (nSPS) is 16.9. The van der Waals surface area contributed by atoms with Crippen LogP contribution in [-0.2, 0) is 4.79 Å². The quantitative estimate of drug-likeness (QED) is 0.636. The molecule has 2 N–H and O–H groups in total. The van der Waals surface area contributed by atoms with Gasteiger partial charge >= 0.3 is 6.03 Å². The second-order valence-electron chi connectivity index (χ2n) is 3.94. The molecule has 1 aromatic carbocycles. The van der Waals surface area contributed by atoms with Crippen LogP contribution in [0.1, 0.15) is 12.5 Å². The molecule has 19 heavy (non-hydrogen) atoms. The molecule has 0 atom stereocenters. The summed E-state index contributed by atoms with van der Waals surface area (Å²) in [5, 5.41) is 12.4. The molecule has 6 nitrogen and oxygen atoms in total. The SMILES string of the molecule is CCN1C(=O)N/C(=C\c2cccc(OC)c2O)C1=O. The van der Waals surface area contributed by atoms with E-state index in [9.17, 15) is 14.7 Å². The molecular weight excluding hydrogens is 248 g/mol. The van der Waals surface area contributed by atoms with Crippen LogP contribution in [0.5, 0.6) is 11.5 Å². The lowest BCUT2D eigenvalue weighted by molar-refractivity contribution is -0.122. The summed E-state index contributed by atoms with van der Waals surface area (Å²) in [7, 11) is 1.44. The van der Waals surface area contributed by atoms with Crippen molar-refractivity contribution in [3.05, 3.63) is 29.5 Å². The van der Waals surface area contributed by atoms with E-state index in [1.54, 1.807) is 25.1 Å². The lowest BCUT2D eigenvalue weighted by Crippen LogP contribution is -2.30. The van der Waals surface area contributed by atoms with Crippen LogP contribution in [0, 0.1) is 0 Å². The van der Waals surface area contributed by atoms with Gasteiger partial charge in [0, 0.05) is 12.1 Å². The van der Waals surface area contributed by atoms with E-state index in [1.165, 1.54) is 13.2 Å². The minimum atomic E-state index is -0.457. The van der Waals surface area contributed by atoms with Crippen molar-refractivity contribution in [3.63, 3.8) is 0 Å². The molecule has 0 aromatic heterocycles. The number of hydrogen-bond donors (Lipinski definition) is 2. The van der Waals surface area contributed by atoms with Crippen molar-refractivity contribution >= 4 is 18.0 Å². The Morgan fingerprint density at radius 3 is 2.74 bits per heavy atom. The van der Waals surface area contributed by atoms with Gasteiger partial charge in [-0.2, -0.15) is 0 Å². The van der Waals surface area contributed by atoms with Gasteiger partial charge in [0.05, 0.1) is 7.11 Å². The van der Waals surface area contributed by atoms with E-state index >= 15 is 0 Å². The van der Waals surface area contributed by atoms with E-state index < -0.39 is 11.9 Å². The summed E-state index contributed by atoms with van der Waals surface area (Å²) in [5.41, 5.74) is 0.538. The molecule has 0 saturated carbocycles. The van der Waals surface area contributed by atoms with E-state index in [4.69, 9.17) is 4.74 Å². The predicted molar refractivity (Wildman–Crippen MR) is 68.6 cm³/mol. The third kappa shape index (κ3) is 2.24. The van der Waals surface area contributed by atoms with Crippen molar-refractivity contribution in [1.82, 2.24) is 10.2 Å².